The van der Waals surface area contributed by atoms with Gasteiger partial charge in [-0.15, -0.1) is 0 Å². The normalized spacial score (nSPS) is 16.2. The van der Waals surface area contributed by atoms with Crippen LogP contribution < -0.4 is 5.73 Å². The molecule has 3 aromatic rings. The minimum Gasteiger partial charge on any atom is -0.397 e. The Morgan fingerprint density at radius 1 is 1.15 bits per heavy atom. The Kier molecular flexibility index (Phi) is 4.51. The van der Waals surface area contributed by atoms with E-state index in [1.807, 2.05) is 25.4 Å². The molecule has 1 fully saturated rings. The van der Waals surface area contributed by atoms with Crippen molar-refractivity contribution in [1.82, 2.24) is 19.9 Å². The maximum Gasteiger partial charge on any atom is 0.125 e. The van der Waals surface area contributed by atoms with Gasteiger partial charge in [0, 0.05) is 35.8 Å². The highest BCUT2D eigenvalue weighted by Gasteiger charge is 2.24. The number of aromatic nitrogens is 3. The lowest BCUT2D eigenvalue weighted by atomic mass is 9.91. The molecule has 2 N–H and O–H groups in total. The number of hydrogen-bond donors (Lipinski definition) is 1. The Morgan fingerprint density at radius 2 is 1.88 bits per heavy atom. The molecule has 26 heavy (non-hydrogen) atoms. The van der Waals surface area contributed by atoms with Gasteiger partial charge in [0.05, 0.1) is 16.9 Å². The van der Waals surface area contributed by atoms with Crippen LogP contribution in [0.15, 0.2) is 36.7 Å². The van der Waals surface area contributed by atoms with Crippen molar-refractivity contribution < 1.29 is 4.39 Å². The van der Waals surface area contributed by atoms with Gasteiger partial charge in [0.15, 0.2) is 0 Å². The predicted molar refractivity (Wildman–Crippen MR) is 100 cm³/mol. The summed E-state index contributed by atoms with van der Waals surface area (Å²) in [5.41, 5.74) is 9.77. The van der Waals surface area contributed by atoms with Crippen LogP contribution in [0.2, 0.25) is 0 Å². The van der Waals surface area contributed by atoms with E-state index in [2.05, 4.69) is 14.9 Å². The lowest BCUT2D eigenvalue weighted by Gasteiger charge is -2.32. The molecular weight excluding hydrogens is 329 g/mol. The Bertz CT molecular complexity index is 917. The summed E-state index contributed by atoms with van der Waals surface area (Å²) >= 11 is 0. The van der Waals surface area contributed by atoms with E-state index in [1.165, 1.54) is 12.1 Å². The first kappa shape index (κ1) is 16.8. The largest absolute Gasteiger partial charge is 0.397 e. The van der Waals surface area contributed by atoms with Crippen molar-refractivity contribution >= 4 is 16.6 Å². The minimum atomic E-state index is -0.264. The first-order valence-electron chi connectivity index (χ1n) is 8.94. The summed E-state index contributed by atoms with van der Waals surface area (Å²) in [6.07, 6.45) is 5.82. The highest BCUT2D eigenvalue weighted by atomic mass is 19.1. The summed E-state index contributed by atoms with van der Waals surface area (Å²) in [5.74, 6) is 0.875. The topological polar surface area (TPSA) is 67.9 Å². The lowest BCUT2D eigenvalue weighted by Crippen LogP contribution is -2.33. The molecule has 1 aliphatic rings. The van der Waals surface area contributed by atoms with Crippen molar-refractivity contribution in [2.75, 3.05) is 18.8 Å². The van der Waals surface area contributed by atoms with Gasteiger partial charge in [-0.05, 0) is 57.1 Å². The second kappa shape index (κ2) is 6.96. The van der Waals surface area contributed by atoms with E-state index >= 15 is 0 Å². The van der Waals surface area contributed by atoms with Gasteiger partial charge in [0.25, 0.3) is 0 Å². The number of hydrogen-bond acceptors (Lipinski definition) is 5. The Balaban J connectivity index is 1.46. The molecule has 1 saturated heterocycles. The zero-order valence-electron chi connectivity index (χ0n) is 14.8. The predicted octanol–water partition coefficient (Wildman–Crippen LogP) is 3.43. The molecule has 0 unspecified atom stereocenters. The molecule has 134 valence electrons. The first-order chi connectivity index (χ1) is 12.6. The van der Waals surface area contributed by atoms with Gasteiger partial charge in [-0.2, -0.15) is 0 Å². The molecule has 2 aromatic heterocycles. The van der Waals surface area contributed by atoms with E-state index in [4.69, 9.17) is 10.7 Å². The van der Waals surface area contributed by atoms with E-state index in [0.29, 0.717) is 11.6 Å². The van der Waals surface area contributed by atoms with Crippen LogP contribution in [0.1, 0.15) is 35.8 Å². The highest BCUT2D eigenvalue weighted by Crippen LogP contribution is 2.32. The number of aryl methyl sites for hydroxylation is 1. The third kappa shape index (κ3) is 3.51. The maximum atomic E-state index is 13.4. The lowest BCUT2D eigenvalue weighted by molar-refractivity contribution is 0.203. The SMILES string of the molecule is Cc1ncc(CN2CCC(c3nc4ccc(F)cc4cc3N)CC2)cn1. The van der Waals surface area contributed by atoms with E-state index in [1.54, 1.807) is 6.07 Å². The number of pyridine rings is 1. The number of piperidine rings is 1. The van der Waals surface area contributed by atoms with Gasteiger partial charge in [-0.25, -0.2) is 14.4 Å². The zero-order chi connectivity index (χ0) is 18.1. The molecule has 6 heteroatoms. The standard InChI is InChI=1S/C20H22FN5/c1-13-23-10-14(11-24-13)12-26-6-4-15(5-7-26)20-18(22)9-16-8-17(21)2-3-19(16)25-20/h2-3,8-11,15H,4-7,12,22H2,1H3. The number of fused-ring (bicyclic) bond motifs is 1. The molecule has 0 spiro atoms. The second-order valence-electron chi connectivity index (χ2n) is 6.99. The quantitative estimate of drug-likeness (QED) is 0.783. The van der Waals surface area contributed by atoms with Crippen LogP contribution in [0.5, 0.6) is 0 Å². The van der Waals surface area contributed by atoms with E-state index in [9.17, 15) is 4.39 Å². The van der Waals surface area contributed by atoms with Crippen LogP contribution >= 0.6 is 0 Å². The molecule has 1 aromatic carbocycles. The number of nitrogens with zero attached hydrogens (tertiary/aromatic N) is 4. The monoisotopic (exact) mass is 351 g/mol. The van der Waals surface area contributed by atoms with Crippen molar-refractivity contribution in [3.63, 3.8) is 0 Å². The first-order valence-corrected chi connectivity index (χ1v) is 8.94. The number of likely N-dealkylation sites (tertiary alicyclic amines) is 1. The maximum absolute atomic E-state index is 13.4. The Hall–Kier alpha value is -2.60. The van der Waals surface area contributed by atoms with Gasteiger partial charge >= 0.3 is 0 Å². The summed E-state index contributed by atoms with van der Waals surface area (Å²) < 4.78 is 13.4. The highest BCUT2D eigenvalue weighted by molar-refractivity contribution is 5.82. The van der Waals surface area contributed by atoms with E-state index in [-0.39, 0.29) is 5.82 Å². The molecule has 1 aliphatic heterocycles. The van der Waals surface area contributed by atoms with Crippen LogP contribution in [0.3, 0.4) is 0 Å². The van der Waals surface area contributed by atoms with Gasteiger partial charge in [0.2, 0.25) is 0 Å². The number of nitrogens with two attached hydrogens (primary N) is 1. The molecule has 3 heterocycles. The summed E-state index contributed by atoms with van der Waals surface area (Å²) in [6, 6.07) is 6.49. The Morgan fingerprint density at radius 3 is 2.62 bits per heavy atom. The Labute approximate surface area is 152 Å². The van der Waals surface area contributed by atoms with E-state index in [0.717, 1.165) is 60.5 Å². The van der Waals surface area contributed by atoms with Crippen LogP contribution in [-0.2, 0) is 6.54 Å². The number of halogens is 1. The molecule has 0 bridgehead atoms. The number of rotatable bonds is 3. The van der Waals surface area contributed by atoms with Gasteiger partial charge < -0.3 is 5.73 Å². The summed E-state index contributed by atoms with van der Waals surface area (Å²) in [6.45, 7) is 4.74. The van der Waals surface area contributed by atoms with Crippen LogP contribution in [-0.4, -0.2) is 32.9 Å². The molecule has 0 saturated carbocycles. The molecule has 0 amide bonds. The van der Waals surface area contributed by atoms with Crippen molar-refractivity contribution in [2.24, 2.45) is 0 Å². The third-order valence-corrected chi connectivity index (χ3v) is 5.05. The third-order valence-electron chi connectivity index (χ3n) is 5.05. The van der Waals surface area contributed by atoms with Crippen molar-refractivity contribution in [2.45, 2.75) is 32.2 Å². The summed E-state index contributed by atoms with van der Waals surface area (Å²) in [5, 5.41) is 0.753. The average Bonchev–Trinajstić information content (AvgIpc) is 2.64. The van der Waals surface area contributed by atoms with Crippen LogP contribution in [0.25, 0.3) is 10.9 Å². The fourth-order valence-corrected chi connectivity index (χ4v) is 3.63. The van der Waals surface area contributed by atoms with Gasteiger partial charge in [-0.3, -0.25) is 9.88 Å². The molecular formula is C20H22FN5. The fraction of sp³-hybridized carbons (Fsp3) is 0.350. The van der Waals surface area contributed by atoms with E-state index < -0.39 is 0 Å². The van der Waals surface area contributed by atoms with Crippen LogP contribution in [0, 0.1) is 12.7 Å². The van der Waals surface area contributed by atoms with Crippen molar-refractivity contribution in [3.8, 4) is 0 Å². The van der Waals surface area contributed by atoms with Gasteiger partial charge in [0.1, 0.15) is 11.6 Å². The fourth-order valence-electron chi connectivity index (χ4n) is 3.63. The van der Waals surface area contributed by atoms with Crippen molar-refractivity contribution in [1.29, 1.82) is 0 Å². The molecule has 0 radical (unpaired) electrons. The molecule has 0 aliphatic carbocycles. The number of benzene rings is 1. The average molecular weight is 351 g/mol. The smallest absolute Gasteiger partial charge is 0.125 e. The van der Waals surface area contributed by atoms with Crippen LogP contribution in [0.4, 0.5) is 10.1 Å². The van der Waals surface area contributed by atoms with Gasteiger partial charge in [-0.1, -0.05) is 0 Å². The summed E-state index contributed by atoms with van der Waals surface area (Å²) in [7, 11) is 0. The number of anilines is 1. The zero-order valence-corrected chi connectivity index (χ0v) is 14.8. The second-order valence-corrected chi connectivity index (χ2v) is 6.99. The summed E-state index contributed by atoms with van der Waals surface area (Å²) in [4.78, 5) is 15.7. The molecule has 5 nitrogen and oxygen atoms in total. The minimum absolute atomic E-state index is 0.264. The molecule has 0 atom stereocenters. The number of nitrogen functional groups attached to an aromatic ring is 1. The molecule has 4 rings (SSSR count). The van der Waals surface area contributed by atoms with Crippen molar-refractivity contribution in [3.05, 3.63) is 59.6 Å².